The lowest BCUT2D eigenvalue weighted by Crippen LogP contribution is -2.20. The molecule has 19 heavy (non-hydrogen) atoms. The Bertz CT molecular complexity index is 609. The van der Waals surface area contributed by atoms with Gasteiger partial charge in [-0.1, -0.05) is 18.2 Å². The zero-order valence-corrected chi connectivity index (χ0v) is 10.4. The van der Waals surface area contributed by atoms with Gasteiger partial charge in [0.2, 0.25) is 0 Å². The van der Waals surface area contributed by atoms with Crippen molar-refractivity contribution in [2.75, 3.05) is 0 Å². The van der Waals surface area contributed by atoms with Crippen LogP contribution >= 0.6 is 0 Å². The van der Waals surface area contributed by atoms with Crippen molar-refractivity contribution in [1.82, 2.24) is 10.4 Å². The summed E-state index contributed by atoms with van der Waals surface area (Å²) in [5.74, 6) is -0.272. The van der Waals surface area contributed by atoms with Gasteiger partial charge in [-0.05, 0) is 31.2 Å². The lowest BCUT2D eigenvalue weighted by atomic mass is 10.1. The fourth-order valence-electron chi connectivity index (χ4n) is 1.53. The van der Waals surface area contributed by atoms with E-state index in [1.807, 2.05) is 0 Å². The quantitative estimate of drug-likeness (QED) is 0.650. The molecule has 1 aromatic heterocycles. The standard InChI is InChI=1S/C14H13N3O2/c1-10(11-6-2-3-8-13(11)18)16-17-14(19)12-7-4-5-9-15-12/h2-9,18H,1H3,(H,17,19)/b16-10-. The molecule has 2 rings (SSSR count). The van der Waals surface area contributed by atoms with E-state index >= 15 is 0 Å². The van der Waals surface area contributed by atoms with Crippen molar-refractivity contribution in [2.24, 2.45) is 5.10 Å². The van der Waals surface area contributed by atoms with Crippen LogP contribution < -0.4 is 5.43 Å². The van der Waals surface area contributed by atoms with Crippen LogP contribution in [-0.2, 0) is 0 Å². The van der Waals surface area contributed by atoms with E-state index in [0.717, 1.165) is 0 Å². The Kier molecular flexibility index (Phi) is 3.87. The number of nitrogens with zero attached hydrogens (tertiary/aromatic N) is 2. The van der Waals surface area contributed by atoms with E-state index < -0.39 is 5.91 Å². The van der Waals surface area contributed by atoms with E-state index in [-0.39, 0.29) is 11.4 Å². The summed E-state index contributed by atoms with van der Waals surface area (Å²) in [6.45, 7) is 1.70. The van der Waals surface area contributed by atoms with Crippen LogP contribution in [0.25, 0.3) is 0 Å². The molecule has 0 saturated heterocycles. The number of hydrazone groups is 1. The minimum atomic E-state index is -0.393. The summed E-state index contributed by atoms with van der Waals surface area (Å²) in [5.41, 5.74) is 3.78. The molecule has 96 valence electrons. The molecular formula is C14H13N3O2. The lowest BCUT2D eigenvalue weighted by Gasteiger charge is -2.04. The molecule has 0 spiro atoms. The van der Waals surface area contributed by atoms with Crippen molar-refractivity contribution >= 4 is 11.6 Å². The first-order valence-corrected chi connectivity index (χ1v) is 5.72. The molecule has 0 aliphatic rings. The Morgan fingerprint density at radius 1 is 1.21 bits per heavy atom. The van der Waals surface area contributed by atoms with E-state index in [1.54, 1.807) is 49.4 Å². The smallest absolute Gasteiger partial charge is 0.289 e. The zero-order valence-electron chi connectivity index (χ0n) is 10.4. The molecule has 2 aromatic rings. The van der Waals surface area contributed by atoms with Gasteiger partial charge in [-0.2, -0.15) is 5.10 Å². The third-order valence-corrected chi connectivity index (χ3v) is 2.52. The second-order valence-electron chi connectivity index (χ2n) is 3.87. The topological polar surface area (TPSA) is 74.6 Å². The van der Waals surface area contributed by atoms with Crippen LogP contribution in [0, 0.1) is 0 Å². The molecule has 1 aromatic carbocycles. The van der Waals surface area contributed by atoms with Gasteiger partial charge >= 0.3 is 0 Å². The number of rotatable bonds is 3. The number of aromatic hydroxyl groups is 1. The SMILES string of the molecule is C/C(=N/NC(=O)c1ccccn1)c1ccccc1O. The fourth-order valence-corrected chi connectivity index (χ4v) is 1.53. The molecule has 0 atom stereocenters. The number of amides is 1. The first-order chi connectivity index (χ1) is 9.18. The van der Waals surface area contributed by atoms with Gasteiger partial charge < -0.3 is 5.11 Å². The zero-order chi connectivity index (χ0) is 13.7. The molecule has 0 saturated carbocycles. The Morgan fingerprint density at radius 3 is 2.63 bits per heavy atom. The minimum Gasteiger partial charge on any atom is -0.507 e. The Morgan fingerprint density at radius 2 is 1.95 bits per heavy atom. The van der Waals surface area contributed by atoms with E-state index in [9.17, 15) is 9.90 Å². The minimum absolute atomic E-state index is 0.121. The largest absolute Gasteiger partial charge is 0.507 e. The van der Waals surface area contributed by atoms with E-state index in [0.29, 0.717) is 11.3 Å². The number of benzene rings is 1. The number of phenolic OH excluding ortho intramolecular Hbond substituents is 1. The van der Waals surface area contributed by atoms with Gasteiger partial charge in [-0.15, -0.1) is 0 Å². The summed E-state index contributed by atoms with van der Waals surface area (Å²) in [7, 11) is 0. The predicted octanol–water partition coefficient (Wildman–Crippen LogP) is 1.94. The molecule has 1 amide bonds. The van der Waals surface area contributed by atoms with Gasteiger partial charge in [-0.25, -0.2) is 5.43 Å². The number of aromatic nitrogens is 1. The summed E-state index contributed by atoms with van der Waals surface area (Å²) in [4.78, 5) is 15.6. The molecule has 5 nitrogen and oxygen atoms in total. The number of para-hydroxylation sites is 1. The van der Waals surface area contributed by atoms with Crippen molar-refractivity contribution in [3.05, 3.63) is 59.9 Å². The Balaban J connectivity index is 2.11. The van der Waals surface area contributed by atoms with Crippen LogP contribution in [0.2, 0.25) is 0 Å². The summed E-state index contributed by atoms with van der Waals surface area (Å²) >= 11 is 0. The van der Waals surface area contributed by atoms with Gasteiger partial charge in [0, 0.05) is 11.8 Å². The third kappa shape index (κ3) is 3.16. The highest BCUT2D eigenvalue weighted by atomic mass is 16.3. The van der Waals surface area contributed by atoms with Crippen LogP contribution in [0.5, 0.6) is 5.75 Å². The highest BCUT2D eigenvalue weighted by molar-refractivity contribution is 6.02. The summed E-state index contributed by atoms with van der Waals surface area (Å²) < 4.78 is 0. The number of pyridine rings is 1. The van der Waals surface area contributed by atoms with Crippen molar-refractivity contribution in [2.45, 2.75) is 6.92 Å². The summed E-state index contributed by atoms with van der Waals surface area (Å²) in [6, 6.07) is 11.8. The van der Waals surface area contributed by atoms with Gasteiger partial charge in [0.25, 0.3) is 5.91 Å². The average Bonchev–Trinajstić information content (AvgIpc) is 2.46. The summed E-state index contributed by atoms with van der Waals surface area (Å²) in [5, 5.41) is 13.6. The van der Waals surface area contributed by atoms with Crippen molar-refractivity contribution in [3.8, 4) is 5.75 Å². The number of hydrogen-bond donors (Lipinski definition) is 2. The average molecular weight is 255 g/mol. The van der Waals surface area contributed by atoms with Gasteiger partial charge in [0.1, 0.15) is 11.4 Å². The number of hydrogen-bond acceptors (Lipinski definition) is 4. The molecule has 0 radical (unpaired) electrons. The Hall–Kier alpha value is -2.69. The molecule has 0 bridgehead atoms. The maximum atomic E-state index is 11.7. The highest BCUT2D eigenvalue weighted by Crippen LogP contribution is 2.16. The lowest BCUT2D eigenvalue weighted by molar-refractivity contribution is 0.0950. The number of nitrogens with one attached hydrogen (secondary N) is 1. The number of carbonyl (C=O) groups excluding carboxylic acids is 1. The molecule has 0 aliphatic heterocycles. The molecular weight excluding hydrogens is 242 g/mol. The van der Waals surface area contributed by atoms with Crippen LogP contribution in [0.15, 0.2) is 53.8 Å². The van der Waals surface area contributed by atoms with Crippen molar-refractivity contribution in [1.29, 1.82) is 0 Å². The molecule has 0 aliphatic carbocycles. The van der Waals surface area contributed by atoms with Crippen molar-refractivity contribution < 1.29 is 9.90 Å². The number of carbonyl (C=O) groups is 1. The van der Waals surface area contributed by atoms with Crippen molar-refractivity contribution in [3.63, 3.8) is 0 Å². The van der Waals surface area contributed by atoms with Gasteiger partial charge in [0.15, 0.2) is 0 Å². The first-order valence-electron chi connectivity index (χ1n) is 5.72. The molecule has 1 heterocycles. The fraction of sp³-hybridized carbons (Fsp3) is 0.0714. The second-order valence-corrected chi connectivity index (χ2v) is 3.87. The van der Waals surface area contributed by atoms with Crippen LogP contribution in [0.4, 0.5) is 0 Å². The maximum Gasteiger partial charge on any atom is 0.289 e. The van der Waals surface area contributed by atoms with Gasteiger partial charge in [-0.3, -0.25) is 9.78 Å². The van der Waals surface area contributed by atoms with Crippen LogP contribution in [0.3, 0.4) is 0 Å². The van der Waals surface area contributed by atoms with E-state index in [2.05, 4.69) is 15.5 Å². The van der Waals surface area contributed by atoms with Crippen LogP contribution in [0.1, 0.15) is 23.0 Å². The normalized spacial score (nSPS) is 11.1. The van der Waals surface area contributed by atoms with E-state index in [1.165, 1.54) is 6.20 Å². The highest BCUT2D eigenvalue weighted by Gasteiger charge is 2.06. The van der Waals surface area contributed by atoms with E-state index in [4.69, 9.17) is 0 Å². The molecule has 2 N–H and O–H groups in total. The predicted molar refractivity (Wildman–Crippen MR) is 72.0 cm³/mol. The summed E-state index contributed by atoms with van der Waals surface area (Å²) in [6.07, 6.45) is 1.54. The van der Waals surface area contributed by atoms with Crippen LogP contribution in [-0.4, -0.2) is 21.7 Å². The second kappa shape index (κ2) is 5.77. The molecule has 0 fully saturated rings. The first kappa shape index (κ1) is 12.8. The maximum absolute atomic E-state index is 11.7. The monoisotopic (exact) mass is 255 g/mol. The Labute approximate surface area is 110 Å². The number of phenols is 1. The van der Waals surface area contributed by atoms with Gasteiger partial charge in [0.05, 0.1) is 5.71 Å². The molecule has 5 heteroatoms. The third-order valence-electron chi connectivity index (χ3n) is 2.52. The molecule has 0 unspecified atom stereocenters.